The number of carbonyl (C=O) groups is 3. The van der Waals surface area contributed by atoms with Gasteiger partial charge in [-0.3, -0.25) is 19.3 Å². The summed E-state index contributed by atoms with van der Waals surface area (Å²) >= 11 is 0. The van der Waals surface area contributed by atoms with E-state index in [9.17, 15) is 14.4 Å². The number of hydrogen-bond donors (Lipinski definition) is 0. The number of aryl methyl sites for hydroxylation is 1. The molecule has 3 heterocycles. The van der Waals surface area contributed by atoms with Crippen LogP contribution in [0.5, 0.6) is 0 Å². The number of amides is 2. The SMILES string of the molecule is Cc1cc(C(=O)CN2C(=O)CC3(CCCCC3)C2=O)c(C)n1-c1ccccn1. The molecule has 0 radical (unpaired) electrons. The summed E-state index contributed by atoms with van der Waals surface area (Å²) in [6, 6.07) is 7.44. The van der Waals surface area contributed by atoms with Gasteiger partial charge in [0.1, 0.15) is 5.82 Å². The van der Waals surface area contributed by atoms with E-state index >= 15 is 0 Å². The van der Waals surface area contributed by atoms with Crippen LogP contribution in [0.3, 0.4) is 0 Å². The molecule has 1 aliphatic carbocycles. The number of imide groups is 1. The van der Waals surface area contributed by atoms with Gasteiger partial charge in [0.2, 0.25) is 11.8 Å². The Hall–Kier alpha value is -2.76. The highest BCUT2D eigenvalue weighted by molar-refractivity contribution is 6.10. The molecule has 2 aromatic rings. The Labute approximate surface area is 164 Å². The summed E-state index contributed by atoms with van der Waals surface area (Å²) in [5, 5.41) is 0. The highest BCUT2D eigenvalue weighted by Crippen LogP contribution is 2.45. The lowest BCUT2D eigenvalue weighted by Gasteiger charge is -2.30. The average Bonchev–Trinajstić information content (AvgIpc) is 3.11. The van der Waals surface area contributed by atoms with E-state index in [-0.39, 0.29) is 30.6 Å². The van der Waals surface area contributed by atoms with E-state index in [4.69, 9.17) is 0 Å². The van der Waals surface area contributed by atoms with Crippen LogP contribution >= 0.6 is 0 Å². The Bertz CT molecular complexity index is 939. The van der Waals surface area contributed by atoms with E-state index in [1.165, 1.54) is 4.90 Å². The van der Waals surface area contributed by atoms with Crippen molar-refractivity contribution in [3.05, 3.63) is 47.4 Å². The molecule has 0 atom stereocenters. The second-order valence-electron chi connectivity index (χ2n) is 8.03. The van der Waals surface area contributed by atoms with Crippen molar-refractivity contribution >= 4 is 17.6 Å². The van der Waals surface area contributed by atoms with Crippen LogP contribution in [-0.4, -0.2) is 38.6 Å². The van der Waals surface area contributed by atoms with E-state index in [1.54, 1.807) is 6.20 Å². The smallest absolute Gasteiger partial charge is 0.236 e. The fourth-order valence-electron chi connectivity index (χ4n) is 4.75. The van der Waals surface area contributed by atoms with Gasteiger partial charge in [-0.25, -0.2) is 4.98 Å². The van der Waals surface area contributed by atoms with Crippen LogP contribution < -0.4 is 0 Å². The lowest BCUT2D eigenvalue weighted by Crippen LogP contribution is -2.39. The number of rotatable bonds is 4. The van der Waals surface area contributed by atoms with Gasteiger partial charge in [0.05, 0.1) is 12.0 Å². The zero-order valence-electron chi connectivity index (χ0n) is 16.4. The molecule has 28 heavy (non-hydrogen) atoms. The molecule has 0 unspecified atom stereocenters. The van der Waals surface area contributed by atoms with Gasteiger partial charge in [-0.15, -0.1) is 0 Å². The average molecular weight is 379 g/mol. The third-order valence-electron chi connectivity index (χ3n) is 6.21. The minimum atomic E-state index is -0.555. The summed E-state index contributed by atoms with van der Waals surface area (Å²) in [6.45, 7) is 3.61. The number of Topliss-reactive ketones (excluding diaryl/α,β-unsaturated/α-hetero) is 1. The molecule has 6 nitrogen and oxygen atoms in total. The van der Waals surface area contributed by atoms with Gasteiger partial charge in [0, 0.05) is 29.6 Å². The van der Waals surface area contributed by atoms with Crippen LogP contribution in [0.25, 0.3) is 5.82 Å². The number of pyridine rings is 1. The van der Waals surface area contributed by atoms with Gasteiger partial charge in [0.25, 0.3) is 0 Å². The largest absolute Gasteiger partial charge is 0.302 e. The van der Waals surface area contributed by atoms with Crippen molar-refractivity contribution in [1.29, 1.82) is 0 Å². The van der Waals surface area contributed by atoms with Crippen molar-refractivity contribution in [2.24, 2.45) is 5.41 Å². The summed E-state index contributed by atoms with van der Waals surface area (Å²) in [6.07, 6.45) is 6.56. The number of carbonyl (C=O) groups excluding carboxylic acids is 3. The van der Waals surface area contributed by atoms with Crippen LogP contribution in [0.4, 0.5) is 0 Å². The fourth-order valence-corrected chi connectivity index (χ4v) is 4.75. The molecule has 2 fully saturated rings. The second-order valence-corrected chi connectivity index (χ2v) is 8.03. The molecule has 4 rings (SSSR count). The standard InChI is InChI=1S/C22H25N3O3/c1-15-12-17(16(2)25(15)19-8-4-7-11-23-19)18(26)14-24-20(27)13-22(21(24)28)9-5-3-6-10-22/h4,7-8,11-12H,3,5-6,9-10,13-14H2,1-2H3. The van der Waals surface area contributed by atoms with Crippen molar-refractivity contribution in [3.8, 4) is 5.82 Å². The maximum Gasteiger partial charge on any atom is 0.236 e. The Balaban J connectivity index is 1.58. The van der Waals surface area contributed by atoms with E-state index < -0.39 is 5.41 Å². The topological polar surface area (TPSA) is 72.3 Å². The molecule has 1 aliphatic heterocycles. The third-order valence-corrected chi connectivity index (χ3v) is 6.21. The monoisotopic (exact) mass is 379 g/mol. The molecule has 2 aliphatic rings. The van der Waals surface area contributed by atoms with Gasteiger partial charge < -0.3 is 4.57 Å². The third kappa shape index (κ3) is 2.97. The fraction of sp³-hybridized carbons (Fsp3) is 0.455. The van der Waals surface area contributed by atoms with E-state index in [0.29, 0.717) is 5.56 Å². The number of likely N-dealkylation sites (tertiary alicyclic amines) is 1. The van der Waals surface area contributed by atoms with E-state index in [2.05, 4.69) is 4.98 Å². The molecule has 1 saturated heterocycles. The maximum absolute atomic E-state index is 13.0. The molecule has 0 aromatic carbocycles. The number of nitrogens with zero attached hydrogens (tertiary/aromatic N) is 3. The van der Waals surface area contributed by atoms with Crippen LogP contribution in [0.15, 0.2) is 30.5 Å². The highest BCUT2D eigenvalue weighted by atomic mass is 16.2. The zero-order valence-corrected chi connectivity index (χ0v) is 16.4. The zero-order chi connectivity index (χ0) is 19.9. The second kappa shape index (κ2) is 7.00. The number of ketones is 1. The Kier molecular flexibility index (Phi) is 4.65. The van der Waals surface area contributed by atoms with E-state index in [1.807, 2.05) is 42.7 Å². The van der Waals surface area contributed by atoms with Gasteiger partial charge >= 0.3 is 0 Å². The van der Waals surface area contributed by atoms with Crippen molar-refractivity contribution in [1.82, 2.24) is 14.5 Å². The predicted octanol–water partition coefficient (Wildman–Crippen LogP) is 3.38. The first-order chi connectivity index (χ1) is 13.4. The van der Waals surface area contributed by atoms with E-state index in [0.717, 1.165) is 49.3 Å². The normalized spacial score (nSPS) is 18.9. The predicted molar refractivity (Wildman–Crippen MR) is 104 cm³/mol. The summed E-state index contributed by atoms with van der Waals surface area (Å²) in [5.41, 5.74) is 1.64. The van der Waals surface area contributed by atoms with Crippen LogP contribution in [-0.2, 0) is 9.59 Å². The molecule has 6 heteroatoms. The van der Waals surface area contributed by atoms with Crippen LogP contribution in [0.2, 0.25) is 0 Å². The first-order valence-electron chi connectivity index (χ1n) is 9.91. The van der Waals surface area contributed by atoms with Crippen molar-refractivity contribution in [2.45, 2.75) is 52.4 Å². The summed E-state index contributed by atoms with van der Waals surface area (Å²) in [5.74, 6) is 0.179. The van der Waals surface area contributed by atoms with Crippen molar-refractivity contribution in [2.75, 3.05) is 6.54 Å². The molecule has 0 N–H and O–H groups in total. The minimum absolute atomic E-state index is 0.149. The lowest BCUT2D eigenvalue weighted by atomic mass is 9.73. The summed E-state index contributed by atoms with van der Waals surface area (Å²) in [4.78, 5) is 44.1. The number of aromatic nitrogens is 2. The molecule has 146 valence electrons. The van der Waals surface area contributed by atoms with Crippen LogP contribution in [0, 0.1) is 19.3 Å². The Morgan fingerprint density at radius 3 is 2.57 bits per heavy atom. The molecule has 2 amide bonds. The van der Waals surface area contributed by atoms with Gasteiger partial charge in [-0.2, -0.15) is 0 Å². The lowest BCUT2D eigenvalue weighted by molar-refractivity contribution is -0.141. The molecular weight excluding hydrogens is 354 g/mol. The first kappa shape index (κ1) is 18.6. The molecule has 0 bridgehead atoms. The minimum Gasteiger partial charge on any atom is -0.302 e. The van der Waals surface area contributed by atoms with Crippen molar-refractivity contribution < 1.29 is 14.4 Å². The van der Waals surface area contributed by atoms with Gasteiger partial charge in [-0.05, 0) is 44.9 Å². The van der Waals surface area contributed by atoms with Crippen molar-refractivity contribution in [3.63, 3.8) is 0 Å². The summed E-state index contributed by atoms with van der Waals surface area (Å²) < 4.78 is 1.92. The maximum atomic E-state index is 13.0. The molecule has 1 spiro atoms. The quantitative estimate of drug-likeness (QED) is 0.603. The van der Waals surface area contributed by atoms with Gasteiger partial charge in [-0.1, -0.05) is 25.3 Å². The summed E-state index contributed by atoms with van der Waals surface area (Å²) in [7, 11) is 0. The first-order valence-corrected chi connectivity index (χ1v) is 9.91. The Morgan fingerprint density at radius 1 is 1.14 bits per heavy atom. The molecule has 2 aromatic heterocycles. The highest BCUT2D eigenvalue weighted by Gasteiger charge is 2.51. The Morgan fingerprint density at radius 2 is 1.89 bits per heavy atom. The number of hydrogen-bond acceptors (Lipinski definition) is 4. The van der Waals surface area contributed by atoms with Crippen LogP contribution in [0.1, 0.15) is 60.3 Å². The molecule has 1 saturated carbocycles. The van der Waals surface area contributed by atoms with Gasteiger partial charge in [0.15, 0.2) is 5.78 Å². The molecular formula is C22H25N3O3.